The van der Waals surface area contributed by atoms with Crippen molar-refractivity contribution in [3.63, 3.8) is 0 Å². The van der Waals surface area contributed by atoms with Gasteiger partial charge < -0.3 is 14.8 Å². The Morgan fingerprint density at radius 3 is 2.44 bits per heavy atom. The van der Waals surface area contributed by atoms with Crippen molar-refractivity contribution in [2.75, 3.05) is 25.6 Å². The summed E-state index contributed by atoms with van der Waals surface area (Å²) in [4.78, 5) is 26.3. The normalized spacial score (nSPS) is 16.2. The molecule has 2 aromatic carbocycles. The monoisotopic (exact) mass is 404 g/mol. The zero-order chi connectivity index (χ0) is 19.1. The molecule has 0 aliphatic carbocycles. The van der Waals surface area contributed by atoms with E-state index in [1.165, 1.54) is 13.1 Å². The van der Waals surface area contributed by atoms with Gasteiger partial charge in [-0.3, -0.25) is 14.5 Å². The number of likely N-dealkylation sites (N-methyl/N-ethyl adjacent to an activating group) is 1. The minimum absolute atomic E-state index is 0.142. The summed E-state index contributed by atoms with van der Waals surface area (Å²) in [6.07, 6.45) is 0. The SMILES string of the molecule is CN1C(=O)C(Nc2ccc3c(c2)OCCO3)=C(c2ccc(Cl)cc2Cl)C1=O. The van der Waals surface area contributed by atoms with Crippen LogP contribution in [0.4, 0.5) is 5.69 Å². The molecule has 2 aliphatic heterocycles. The topological polar surface area (TPSA) is 67.9 Å². The van der Waals surface area contributed by atoms with Gasteiger partial charge in [0.2, 0.25) is 0 Å². The summed E-state index contributed by atoms with van der Waals surface area (Å²) < 4.78 is 11.1. The highest BCUT2D eigenvalue weighted by atomic mass is 35.5. The molecule has 138 valence electrons. The first-order valence-electron chi connectivity index (χ1n) is 8.14. The fraction of sp³-hybridized carbons (Fsp3) is 0.158. The molecule has 8 heteroatoms. The molecule has 4 rings (SSSR count). The number of nitrogens with zero attached hydrogens (tertiary/aromatic N) is 1. The first-order valence-corrected chi connectivity index (χ1v) is 8.90. The van der Waals surface area contributed by atoms with Gasteiger partial charge in [0.1, 0.15) is 18.9 Å². The van der Waals surface area contributed by atoms with E-state index in [0.717, 1.165) is 4.90 Å². The number of imide groups is 1. The van der Waals surface area contributed by atoms with E-state index in [2.05, 4.69) is 5.32 Å². The van der Waals surface area contributed by atoms with Crippen LogP contribution in [0.15, 0.2) is 42.1 Å². The van der Waals surface area contributed by atoms with Gasteiger partial charge in [-0.05, 0) is 24.3 Å². The second-order valence-corrected chi connectivity index (χ2v) is 6.87. The summed E-state index contributed by atoms with van der Waals surface area (Å²) in [7, 11) is 1.42. The molecular formula is C19H14Cl2N2O4. The van der Waals surface area contributed by atoms with Gasteiger partial charge in [-0.2, -0.15) is 0 Å². The number of hydrogen-bond acceptors (Lipinski definition) is 5. The van der Waals surface area contributed by atoms with E-state index in [1.807, 2.05) is 0 Å². The zero-order valence-electron chi connectivity index (χ0n) is 14.2. The van der Waals surface area contributed by atoms with E-state index in [-0.39, 0.29) is 16.3 Å². The van der Waals surface area contributed by atoms with Crippen molar-refractivity contribution in [3.05, 3.63) is 57.7 Å². The Labute approximate surface area is 165 Å². The Balaban J connectivity index is 1.78. The summed E-state index contributed by atoms with van der Waals surface area (Å²) in [5, 5.41) is 3.76. The van der Waals surface area contributed by atoms with Gasteiger partial charge in [-0.15, -0.1) is 0 Å². The Morgan fingerprint density at radius 2 is 1.70 bits per heavy atom. The molecule has 0 atom stereocenters. The molecule has 0 bridgehead atoms. The number of hydrogen-bond donors (Lipinski definition) is 1. The van der Waals surface area contributed by atoms with Crippen molar-refractivity contribution in [3.8, 4) is 11.5 Å². The quantitative estimate of drug-likeness (QED) is 0.791. The van der Waals surface area contributed by atoms with E-state index in [0.29, 0.717) is 41.0 Å². The lowest BCUT2D eigenvalue weighted by atomic mass is 10.0. The molecular weight excluding hydrogens is 391 g/mol. The minimum atomic E-state index is -0.448. The maximum absolute atomic E-state index is 12.7. The fourth-order valence-electron chi connectivity index (χ4n) is 2.97. The van der Waals surface area contributed by atoms with Crippen LogP contribution >= 0.6 is 23.2 Å². The second kappa shape index (κ2) is 6.79. The zero-order valence-corrected chi connectivity index (χ0v) is 15.7. The first-order chi connectivity index (χ1) is 13.0. The van der Waals surface area contributed by atoms with Crippen LogP contribution in [0.2, 0.25) is 10.0 Å². The third kappa shape index (κ3) is 3.11. The molecule has 0 radical (unpaired) electrons. The molecule has 0 unspecified atom stereocenters. The summed E-state index contributed by atoms with van der Waals surface area (Å²) in [6.45, 7) is 0.937. The number of carbonyl (C=O) groups is 2. The molecule has 1 N–H and O–H groups in total. The molecule has 27 heavy (non-hydrogen) atoms. The average molecular weight is 405 g/mol. The molecule has 0 saturated carbocycles. The average Bonchev–Trinajstić information content (AvgIpc) is 2.86. The molecule has 0 fully saturated rings. The number of benzene rings is 2. The number of nitrogens with one attached hydrogen (secondary N) is 1. The van der Waals surface area contributed by atoms with E-state index < -0.39 is 11.8 Å². The third-order valence-electron chi connectivity index (χ3n) is 4.30. The Hall–Kier alpha value is -2.70. The van der Waals surface area contributed by atoms with Crippen LogP contribution in [0.5, 0.6) is 11.5 Å². The van der Waals surface area contributed by atoms with Gasteiger partial charge in [0.15, 0.2) is 11.5 Å². The molecule has 2 heterocycles. The van der Waals surface area contributed by atoms with Gasteiger partial charge in [0.25, 0.3) is 11.8 Å². The fourth-order valence-corrected chi connectivity index (χ4v) is 3.47. The number of halogens is 2. The minimum Gasteiger partial charge on any atom is -0.486 e. The van der Waals surface area contributed by atoms with Crippen molar-refractivity contribution < 1.29 is 19.1 Å². The van der Waals surface area contributed by atoms with Crippen LogP contribution < -0.4 is 14.8 Å². The molecule has 2 amide bonds. The van der Waals surface area contributed by atoms with Crippen molar-refractivity contribution in [2.45, 2.75) is 0 Å². The Kier molecular flexibility index (Phi) is 4.45. The number of amides is 2. The number of rotatable bonds is 3. The van der Waals surface area contributed by atoms with Crippen LogP contribution in [0.1, 0.15) is 5.56 Å². The maximum Gasteiger partial charge on any atom is 0.277 e. The van der Waals surface area contributed by atoms with E-state index in [9.17, 15) is 9.59 Å². The van der Waals surface area contributed by atoms with Gasteiger partial charge in [0.05, 0.1) is 10.6 Å². The summed E-state index contributed by atoms with van der Waals surface area (Å²) in [5.41, 5.74) is 1.36. The van der Waals surface area contributed by atoms with Crippen LogP contribution in [-0.2, 0) is 9.59 Å². The van der Waals surface area contributed by atoms with E-state index in [1.54, 1.807) is 30.3 Å². The van der Waals surface area contributed by atoms with Gasteiger partial charge >= 0.3 is 0 Å². The lowest BCUT2D eigenvalue weighted by Crippen LogP contribution is -2.28. The van der Waals surface area contributed by atoms with Crippen molar-refractivity contribution >= 4 is 46.3 Å². The van der Waals surface area contributed by atoms with Gasteiger partial charge in [0, 0.05) is 29.4 Å². The third-order valence-corrected chi connectivity index (χ3v) is 4.85. The molecule has 2 aromatic rings. The highest BCUT2D eigenvalue weighted by Gasteiger charge is 2.37. The van der Waals surface area contributed by atoms with E-state index in [4.69, 9.17) is 32.7 Å². The lowest BCUT2D eigenvalue weighted by Gasteiger charge is -2.19. The summed E-state index contributed by atoms with van der Waals surface area (Å²) in [6, 6.07) is 9.99. The number of ether oxygens (including phenoxy) is 2. The largest absolute Gasteiger partial charge is 0.486 e. The highest BCUT2D eigenvalue weighted by molar-refractivity contribution is 6.41. The molecule has 2 aliphatic rings. The standard InChI is InChI=1S/C19H14Cl2N2O4/c1-23-18(24)16(12-4-2-10(20)8-13(12)21)17(19(23)25)22-11-3-5-14-15(9-11)27-7-6-26-14/h2-5,8-9,22H,6-7H2,1H3. The molecule has 0 spiro atoms. The smallest absolute Gasteiger partial charge is 0.277 e. The molecule has 6 nitrogen and oxygen atoms in total. The number of carbonyl (C=O) groups excluding carboxylic acids is 2. The Morgan fingerprint density at radius 1 is 0.963 bits per heavy atom. The predicted octanol–water partition coefficient (Wildman–Crippen LogP) is 3.59. The van der Waals surface area contributed by atoms with Gasteiger partial charge in [-0.25, -0.2) is 0 Å². The molecule has 0 aromatic heterocycles. The lowest BCUT2D eigenvalue weighted by molar-refractivity contribution is -0.135. The summed E-state index contributed by atoms with van der Waals surface area (Å²) in [5.74, 6) is 0.316. The van der Waals surface area contributed by atoms with Crippen molar-refractivity contribution in [1.82, 2.24) is 4.90 Å². The first kappa shape index (κ1) is 17.7. The molecule has 0 saturated heterocycles. The predicted molar refractivity (Wildman–Crippen MR) is 102 cm³/mol. The van der Waals surface area contributed by atoms with Crippen molar-refractivity contribution in [2.24, 2.45) is 0 Å². The Bertz CT molecular complexity index is 1000. The number of anilines is 1. The van der Waals surface area contributed by atoms with Crippen molar-refractivity contribution in [1.29, 1.82) is 0 Å². The second-order valence-electron chi connectivity index (χ2n) is 6.03. The van der Waals surface area contributed by atoms with Crippen LogP contribution in [0, 0.1) is 0 Å². The van der Waals surface area contributed by atoms with Crippen LogP contribution in [0.25, 0.3) is 5.57 Å². The van der Waals surface area contributed by atoms with Crippen LogP contribution in [0.3, 0.4) is 0 Å². The van der Waals surface area contributed by atoms with E-state index >= 15 is 0 Å². The van der Waals surface area contributed by atoms with Crippen LogP contribution in [-0.4, -0.2) is 37.0 Å². The summed E-state index contributed by atoms with van der Waals surface area (Å²) >= 11 is 12.2. The highest BCUT2D eigenvalue weighted by Crippen LogP contribution is 2.37. The maximum atomic E-state index is 12.7. The number of fused-ring (bicyclic) bond motifs is 1. The van der Waals surface area contributed by atoms with Gasteiger partial charge in [-0.1, -0.05) is 29.3 Å².